The second kappa shape index (κ2) is 9.48. The van der Waals surface area contributed by atoms with Crippen LogP contribution in [0.15, 0.2) is 84.9 Å². The highest BCUT2D eigenvalue weighted by atomic mass is 16.2. The van der Waals surface area contributed by atoms with Gasteiger partial charge in [-0.1, -0.05) is 50.2 Å². The van der Waals surface area contributed by atoms with Crippen LogP contribution in [0.1, 0.15) is 13.8 Å². The smallest absolute Gasteiger partial charge is 0.228 e. The molecule has 0 spiro atoms. The van der Waals surface area contributed by atoms with Gasteiger partial charge in [0.05, 0.1) is 44.5 Å². The zero-order valence-electron chi connectivity index (χ0n) is 20.8. The minimum absolute atomic E-state index is 0.279. The Morgan fingerprint density at radius 2 is 0.842 bits per heavy atom. The molecule has 2 amide bonds. The molecule has 0 radical (unpaired) electrons. The molecule has 0 bridgehead atoms. The molecule has 6 rings (SSSR count). The summed E-state index contributed by atoms with van der Waals surface area (Å²) in [5, 5.41) is 5.91. The van der Waals surface area contributed by atoms with Crippen molar-refractivity contribution < 1.29 is 9.59 Å². The van der Waals surface area contributed by atoms with Gasteiger partial charge in [-0.25, -0.2) is 19.9 Å². The quantitative estimate of drug-likeness (QED) is 0.293. The Kier molecular flexibility index (Phi) is 5.84. The van der Waals surface area contributed by atoms with E-state index < -0.39 is 11.8 Å². The van der Waals surface area contributed by atoms with Gasteiger partial charge in [0, 0.05) is 11.8 Å². The van der Waals surface area contributed by atoms with E-state index in [0.29, 0.717) is 33.4 Å². The standard InChI is InChI=1S/C30H24N6O2/c1-17(29(37)35-25-15-7-13-23-27(25)33-21-11-5-3-9-19(21)31-23)18(2)30(38)36-26-16-8-14-24-28(26)34-22-12-6-4-10-20(22)32-24/h3-18H,1-2H3,(H,35,37)(H,36,38). The summed E-state index contributed by atoms with van der Waals surface area (Å²) >= 11 is 0. The van der Waals surface area contributed by atoms with Gasteiger partial charge in [0.2, 0.25) is 11.8 Å². The number of aromatic nitrogens is 4. The fourth-order valence-corrected chi connectivity index (χ4v) is 4.43. The molecule has 0 saturated carbocycles. The summed E-state index contributed by atoms with van der Waals surface area (Å²) in [5.74, 6) is -1.78. The second-order valence-corrected chi connectivity index (χ2v) is 9.33. The lowest BCUT2D eigenvalue weighted by Crippen LogP contribution is -2.33. The van der Waals surface area contributed by atoms with Crippen LogP contribution in [0.4, 0.5) is 11.4 Å². The maximum absolute atomic E-state index is 13.2. The van der Waals surface area contributed by atoms with Gasteiger partial charge in [0.25, 0.3) is 0 Å². The highest BCUT2D eigenvalue weighted by molar-refractivity contribution is 6.06. The van der Waals surface area contributed by atoms with E-state index in [1.807, 2.05) is 72.8 Å². The predicted octanol–water partition coefficient (Wildman–Crippen LogP) is 5.73. The van der Waals surface area contributed by atoms with Crippen LogP contribution < -0.4 is 10.6 Å². The van der Waals surface area contributed by atoms with Gasteiger partial charge in [0.15, 0.2) is 0 Å². The van der Waals surface area contributed by atoms with Crippen molar-refractivity contribution in [3.8, 4) is 0 Å². The first-order valence-corrected chi connectivity index (χ1v) is 12.4. The third-order valence-corrected chi connectivity index (χ3v) is 6.83. The minimum atomic E-state index is -0.611. The van der Waals surface area contributed by atoms with Crippen molar-refractivity contribution in [2.75, 3.05) is 10.6 Å². The van der Waals surface area contributed by atoms with Gasteiger partial charge >= 0.3 is 0 Å². The van der Waals surface area contributed by atoms with Crippen LogP contribution in [0.5, 0.6) is 0 Å². The molecule has 0 aliphatic rings. The molecule has 2 atom stereocenters. The number of nitrogens with zero attached hydrogens (tertiary/aromatic N) is 4. The number of carbonyl (C=O) groups is 2. The van der Waals surface area contributed by atoms with E-state index in [2.05, 4.69) is 20.6 Å². The van der Waals surface area contributed by atoms with Gasteiger partial charge in [0.1, 0.15) is 11.0 Å². The normalized spacial score (nSPS) is 13.0. The zero-order chi connectivity index (χ0) is 26.2. The topological polar surface area (TPSA) is 110 Å². The number of nitrogens with one attached hydrogen (secondary N) is 2. The molecule has 0 saturated heterocycles. The number of hydrogen-bond donors (Lipinski definition) is 2. The Labute approximate surface area is 218 Å². The van der Waals surface area contributed by atoms with Crippen molar-refractivity contribution in [1.82, 2.24) is 19.9 Å². The molecule has 0 aliphatic heterocycles. The number of carbonyl (C=O) groups excluding carboxylic acids is 2. The molecule has 2 unspecified atom stereocenters. The average Bonchev–Trinajstić information content (AvgIpc) is 2.94. The molecule has 8 nitrogen and oxygen atoms in total. The summed E-state index contributed by atoms with van der Waals surface area (Å²) in [6.45, 7) is 3.48. The average molecular weight is 501 g/mol. The number of rotatable bonds is 5. The molecule has 0 aliphatic carbocycles. The van der Waals surface area contributed by atoms with E-state index in [0.717, 1.165) is 22.1 Å². The SMILES string of the molecule is CC(C(=O)Nc1cccc2nc3ccccc3nc12)C(C)C(=O)Nc1cccc2nc3ccccc3nc12. The van der Waals surface area contributed by atoms with Gasteiger partial charge in [-0.15, -0.1) is 0 Å². The lowest BCUT2D eigenvalue weighted by Gasteiger charge is -2.20. The summed E-state index contributed by atoms with van der Waals surface area (Å²) in [4.78, 5) is 45.2. The van der Waals surface area contributed by atoms with Crippen LogP contribution in [0.2, 0.25) is 0 Å². The van der Waals surface area contributed by atoms with Crippen LogP contribution >= 0.6 is 0 Å². The van der Waals surface area contributed by atoms with Crippen LogP contribution in [0.25, 0.3) is 44.1 Å². The van der Waals surface area contributed by atoms with Gasteiger partial charge in [-0.3, -0.25) is 9.59 Å². The molecular formula is C30H24N6O2. The van der Waals surface area contributed by atoms with Crippen molar-refractivity contribution in [3.05, 3.63) is 84.9 Å². The molecule has 6 aromatic rings. The predicted molar refractivity (Wildman–Crippen MR) is 150 cm³/mol. The maximum Gasteiger partial charge on any atom is 0.228 e. The fourth-order valence-electron chi connectivity index (χ4n) is 4.43. The van der Waals surface area contributed by atoms with E-state index in [4.69, 9.17) is 9.97 Å². The maximum atomic E-state index is 13.2. The van der Waals surface area contributed by atoms with Crippen LogP contribution in [-0.4, -0.2) is 31.8 Å². The molecule has 2 aromatic heterocycles. The molecule has 8 heteroatoms. The van der Waals surface area contributed by atoms with E-state index in [1.165, 1.54) is 0 Å². The highest BCUT2D eigenvalue weighted by Gasteiger charge is 2.27. The molecule has 2 heterocycles. The summed E-state index contributed by atoms with van der Waals surface area (Å²) < 4.78 is 0. The van der Waals surface area contributed by atoms with Crippen molar-refractivity contribution in [2.45, 2.75) is 13.8 Å². The number of fused-ring (bicyclic) bond motifs is 4. The number of anilines is 2. The first-order valence-electron chi connectivity index (χ1n) is 12.4. The Balaban J connectivity index is 1.22. The molecule has 4 aromatic carbocycles. The molecule has 0 fully saturated rings. The molecule has 2 N–H and O–H groups in total. The fraction of sp³-hybridized carbons (Fsp3) is 0.133. The van der Waals surface area contributed by atoms with Crippen molar-refractivity contribution >= 4 is 67.3 Å². The summed E-state index contributed by atoms with van der Waals surface area (Å²) in [5.41, 5.74) is 6.75. The summed E-state index contributed by atoms with van der Waals surface area (Å²) in [7, 11) is 0. The third-order valence-electron chi connectivity index (χ3n) is 6.83. The first kappa shape index (κ1) is 23.4. The van der Waals surface area contributed by atoms with Gasteiger partial charge < -0.3 is 10.6 Å². The summed E-state index contributed by atoms with van der Waals surface area (Å²) in [6.07, 6.45) is 0. The van der Waals surface area contributed by atoms with E-state index in [9.17, 15) is 9.59 Å². The van der Waals surface area contributed by atoms with Gasteiger partial charge in [-0.05, 0) is 48.5 Å². The van der Waals surface area contributed by atoms with E-state index in [1.54, 1.807) is 26.0 Å². The van der Waals surface area contributed by atoms with Gasteiger partial charge in [-0.2, -0.15) is 0 Å². The molecule has 186 valence electrons. The minimum Gasteiger partial charge on any atom is -0.324 e. The Morgan fingerprint density at radius 1 is 0.500 bits per heavy atom. The van der Waals surface area contributed by atoms with Crippen molar-refractivity contribution in [3.63, 3.8) is 0 Å². The number of amides is 2. The molecule has 38 heavy (non-hydrogen) atoms. The highest BCUT2D eigenvalue weighted by Crippen LogP contribution is 2.26. The lowest BCUT2D eigenvalue weighted by atomic mass is 9.94. The number of hydrogen-bond acceptors (Lipinski definition) is 6. The first-order chi connectivity index (χ1) is 18.5. The van der Waals surface area contributed by atoms with E-state index >= 15 is 0 Å². The van der Waals surface area contributed by atoms with Crippen molar-refractivity contribution in [2.24, 2.45) is 11.8 Å². The van der Waals surface area contributed by atoms with E-state index in [-0.39, 0.29) is 11.8 Å². The lowest BCUT2D eigenvalue weighted by molar-refractivity contribution is -0.128. The van der Waals surface area contributed by atoms with Crippen LogP contribution in [0, 0.1) is 11.8 Å². The number of para-hydroxylation sites is 6. The summed E-state index contributed by atoms with van der Waals surface area (Å²) in [6, 6.07) is 26.2. The van der Waals surface area contributed by atoms with Crippen LogP contribution in [-0.2, 0) is 9.59 Å². The largest absolute Gasteiger partial charge is 0.324 e. The third kappa shape index (κ3) is 4.26. The zero-order valence-corrected chi connectivity index (χ0v) is 20.8. The van der Waals surface area contributed by atoms with Crippen LogP contribution in [0.3, 0.4) is 0 Å². The van der Waals surface area contributed by atoms with Crippen molar-refractivity contribution in [1.29, 1.82) is 0 Å². The Bertz CT molecular complexity index is 1730. The molecular weight excluding hydrogens is 476 g/mol. The second-order valence-electron chi connectivity index (χ2n) is 9.33. The Morgan fingerprint density at radius 3 is 1.24 bits per heavy atom. The monoisotopic (exact) mass is 500 g/mol. The Hall–Kier alpha value is -4.98. The number of benzene rings is 4.